The summed E-state index contributed by atoms with van der Waals surface area (Å²) in [6, 6.07) is 8.94. The number of carbonyl (C=O) groups is 1. The van der Waals surface area contributed by atoms with Crippen LogP contribution in [0, 0.1) is 0 Å². The zero-order chi connectivity index (χ0) is 19.8. The van der Waals surface area contributed by atoms with Gasteiger partial charge in [0.2, 0.25) is 0 Å². The molecule has 0 saturated carbocycles. The van der Waals surface area contributed by atoms with Crippen LogP contribution >= 0.6 is 0 Å². The molecule has 2 heterocycles. The van der Waals surface area contributed by atoms with Gasteiger partial charge in [-0.2, -0.15) is 13.2 Å². The van der Waals surface area contributed by atoms with Gasteiger partial charge in [-0.25, -0.2) is 4.98 Å². The molecule has 0 radical (unpaired) electrons. The maximum Gasteiger partial charge on any atom is 0.417 e. The quantitative estimate of drug-likeness (QED) is 0.725. The number of hydrogen-bond donors (Lipinski definition) is 2. The van der Waals surface area contributed by atoms with Crippen LogP contribution in [0.5, 0.6) is 0 Å². The van der Waals surface area contributed by atoms with Gasteiger partial charge in [0.15, 0.2) is 5.82 Å². The van der Waals surface area contributed by atoms with Crippen LogP contribution in [0.2, 0.25) is 0 Å². The largest absolute Gasteiger partial charge is 0.417 e. The fourth-order valence-electron chi connectivity index (χ4n) is 2.57. The van der Waals surface area contributed by atoms with Crippen molar-refractivity contribution in [1.82, 2.24) is 9.38 Å². The predicted molar refractivity (Wildman–Crippen MR) is 94.7 cm³/mol. The van der Waals surface area contributed by atoms with Gasteiger partial charge in [0.05, 0.1) is 18.4 Å². The zero-order valence-electron chi connectivity index (χ0n) is 14.7. The van der Waals surface area contributed by atoms with E-state index in [-0.39, 0.29) is 12.4 Å². The number of carbonyl (C=O) groups excluding carboxylic acids is 1. The number of anilines is 1. The van der Waals surface area contributed by atoms with Crippen molar-refractivity contribution >= 4 is 17.4 Å². The molecule has 2 aromatic heterocycles. The highest BCUT2D eigenvalue weighted by atomic mass is 19.4. The van der Waals surface area contributed by atoms with Crippen molar-refractivity contribution in [2.24, 2.45) is 0 Å². The number of aliphatic hydroxyl groups excluding tert-OH is 1. The van der Waals surface area contributed by atoms with Crippen LogP contribution in [0.4, 0.5) is 19.0 Å². The Hall–Kier alpha value is -2.87. The summed E-state index contributed by atoms with van der Waals surface area (Å²) in [6.07, 6.45) is -2.21. The van der Waals surface area contributed by atoms with Crippen molar-refractivity contribution in [2.75, 3.05) is 11.9 Å². The average Bonchev–Trinajstić information content (AvgIpc) is 3.02. The minimum absolute atomic E-state index is 0.0281. The Kier molecular flexibility index (Phi) is 4.69. The van der Waals surface area contributed by atoms with Gasteiger partial charge in [-0.3, -0.25) is 4.79 Å². The summed E-state index contributed by atoms with van der Waals surface area (Å²) in [6.45, 7) is 3.74. The van der Waals surface area contributed by atoms with E-state index in [0.717, 1.165) is 17.8 Å². The summed E-state index contributed by atoms with van der Waals surface area (Å²) >= 11 is 0. The first-order chi connectivity index (χ1) is 12.6. The molecule has 0 atom stereocenters. The summed E-state index contributed by atoms with van der Waals surface area (Å²) in [5.41, 5.74) is 0.326. The normalized spacial score (nSPS) is 12.4. The Morgan fingerprint density at radius 1 is 1.07 bits per heavy atom. The maximum atomic E-state index is 12.8. The number of nitrogens with zero attached hydrogens (tertiary/aromatic N) is 2. The molecule has 142 valence electrons. The van der Waals surface area contributed by atoms with Crippen molar-refractivity contribution < 1.29 is 23.1 Å². The second-order valence-corrected chi connectivity index (χ2v) is 6.88. The van der Waals surface area contributed by atoms with Crippen molar-refractivity contribution in [3.8, 4) is 0 Å². The standard InChI is InChI=1S/C19H18F3N3O2/c1-18(2,11-26)13-5-3-12(4-6-13)17(27)24-15-10-25-9-14(19(20,21)22)7-8-16(25)23-15/h3-10,26H,11H2,1-2H3,(H,24,27). The molecular weight excluding hydrogens is 359 g/mol. The molecule has 3 aromatic rings. The number of imidazole rings is 1. The second-order valence-electron chi connectivity index (χ2n) is 6.88. The molecule has 0 aliphatic heterocycles. The molecule has 8 heteroatoms. The van der Waals surface area contributed by atoms with Gasteiger partial charge in [-0.05, 0) is 29.8 Å². The topological polar surface area (TPSA) is 66.6 Å². The summed E-state index contributed by atoms with van der Waals surface area (Å²) in [7, 11) is 0. The van der Waals surface area contributed by atoms with Crippen LogP contribution in [0.25, 0.3) is 5.65 Å². The average molecular weight is 377 g/mol. The number of nitrogens with one attached hydrogen (secondary N) is 1. The molecule has 0 spiro atoms. The minimum Gasteiger partial charge on any atom is -0.395 e. The number of pyridine rings is 1. The Labute approximate surface area is 153 Å². The molecule has 1 amide bonds. The van der Waals surface area contributed by atoms with Gasteiger partial charge in [-0.15, -0.1) is 0 Å². The molecule has 0 unspecified atom stereocenters. The predicted octanol–water partition coefficient (Wildman–Crippen LogP) is 3.88. The van der Waals surface area contributed by atoms with E-state index in [1.165, 1.54) is 16.7 Å². The lowest BCUT2D eigenvalue weighted by Gasteiger charge is -2.22. The van der Waals surface area contributed by atoms with Gasteiger partial charge in [-0.1, -0.05) is 26.0 Å². The number of amides is 1. The van der Waals surface area contributed by atoms with E-state index >= 15 is 0 Å². The smallest absolute Gasteiger partial charge is 0.395 e. The summed E-state index contributed by atoms with van der Waals surface area (Å²) in [4.78, 5) is 16.5. The third-order valence-corrected chi connectivity index (χ3v) is 4.34. The van der Waals surface area contributed by atoms with Crippen LogP contribution in [0.15, 0.2) is 48.8 Å². The van der Waals surface area contributed by atoms with E-state index in [1.54, 1.807) is 24.3 Å². The van der Waals surface area contributed by atoms with E-state index in [2.05, 4.69) is 10.3 Å². The van der Waals surface area contributed by atoms with E-state index in [4.69, 9.17) is 0 Å². The highest BCUT2D eigenvalue weighted by molar-refractivity contribution is 6.03. The first kappa shape index (κ1) is 18.9. The molecule has 0 aliphatic rings. The number of aliphatic hydroxyl groups is 1. The van der Waals surface area contributed by atoms with Crippen LogP contribution in [-0.2, 0) is 11.6 Å². The highest BCUT2D eigenvalue weighted by Crippen LogP contribution is 2.29. The first-order valence-corrected chi connectivity index (χ1v) is 8.19. The summed E-state index contributed by atoms with van der Waals surface area (Å²) in [5.74, 6) is -0.276. The van der Waals surface area contributed by atoms with Gasteiger partial charge < -0.3 is 14.8 Å². The van der Waals surface area contributed by atoms with Gasteiger partial charge in [0.1, 0.15) is 5.65 Å². The molecular formula is C19H18F3N3O2. The van der Waals surface area contributed by atoms with Crippen molar-refractivity contribution in [3.63, 3.8) is 0 Å². The molecule has 0 fully saturated rings. The Morgan fingerprint density at radius 3 is 2.30 bits per heavy atom. The molecule has 27 heavy (non-hydrogen) atoms. The fraction of sp³-hybridized carbons (Fsp3) is 0.263. The molecule has 2 N–H and O–H groups in total. The van der Waals surface area contributed by atoms with Crippen molar-refractivity contribution in [2.45, 2.75) is 25.4 Å². The lowest BCUT2D eigenvalue weighted by atomic mass is 9.85. The number of alkyl halides is 3. The maximum absolute atomic E-state index is 12.8. The summed E-state index contributed by atoms with van der Waals surface area (Å²) in [5, 5.41) is 12.0. The van der Waals surface area contributed by atoms with Crippen LogP contribution in [0.3, 0.4) is 0 Å². The SMILES string of the molecule is CC(C)(CO)c1ccc(C(=O)Nc2cn3cc(C(F)(F)F)ccc3n2)cc1. The zero-order valence-corrected chi connectivity index (χ0v) is 14.7. The highest BCUT2D eigenvalue weighted by Gasteiger charge is 2.31. The molecule has 1 aromatic carbocycles. The molecule has 0 bridgehead atoms. The van der Waals surface area contributed by atoms with E-state index in [1.807, 2.05) is 13.8 Å². The van der Waals surface area contributed by atoms with Crippen molar-refractivity contribution in [3.05, 3.63) is 65.5 Å². The number of rotatable bonds is 4. The molecule has 0 aliphatic carbocycles. The number of fused-ring (bicyclic) bond motifs is 1. The Balaban J connectivity index is 1.79. The van der Waals surface area contributed by atoms with Gasteiger partial charge in [0.25, 0.3) is 5.91 Å². The van der Waals surface area contributed by atoms with Crippen LogP contribution < -0.4 is 5.32 Å². The summed E-state index contributed by atoms with van der Waals surface area (Å²) < 4.78 is 39.5. The lowest BCUT2D eigenvalue weighted by molar-refractivity contribution is -0.137. The fourth-order valence-corrected chi connectivity index (χ4v) is 2.57. The number of halogens is 3. The number of hydrogen-bond acceptors (Lipinski definition) is 3. The third-order valence-electron chi connectivity index (χ3n) is 4.34. The molecule has 0 saturated heterocycles. The van der Waals surface area contributed by atoms with Gasteiger partial charge in [0, 0.05) is 17.2 Å². The minimum atomic E-state index is -4.45. The third kappa shape index (κ3) is 3.95. The number of benzene rings is 1. The van der Waals surface area contributed by atoms with Crippen LogP contribution in [-0.4, -0.2) is 27.0 Å². The van der Waals surface area contributed by atoms with E-state index in [9.17, 15) is 23.1 Å². The lowest BCUT2D eigenvalue weighted by Crippen LogP contribution is -2.22. The van der Waals surface area contributed by atoms with Crippen LogP contribution in [0.1, 0.15) is 35.3 Å². The second kappa shape index (κ2) is 6.70. The number of aromatic nitrogens is 2. The first-order valence-electron chi connectivity index (χ1n) is 8.19. The molecule has 5 nitrogen and oxygen atoms in total. The van der Waals surface area contributed by atoms with E-state index < -0.39 is 23.1 Å². The Bertz CT molecular complexity index is 976. The monoisotopic (exact) mass is 377 g/mol. The molecule has 3 rings (SSSR count). The Morgan fingerprint density at radius 2 is 1.70 bits per heavy atom. The van der Waals surface area contributed by atoms with Gasteiger partial charge >= 0.3 is 6.18 Å². The van der Waals surface area contributed by atoms with Crippen molar-refractivity contribution in [1.29, 1.82) is 0 Å². The van der Waals surface area contributed by atoms with E-state index in [0.29, 0.717) is 11.2 Å².